The van der Waals surface area contributed by atoms with Crippen molar-refractivity contribution in [2.24, 2.45) is 0 Å². The van der Waals surface area contributed by atoms with E-state index in [2.05, 4.69) is 11.4 Å². The van der Waals surface area contributed by atoms with E-state index in [1.807, 2.05) is 71.6 Å². The van der Waals surface area contributed by atoms with Gasteiger partial charge in [-0.3, -0.25) is 9.59 Å². The lowest BCUT2D eigenvalue weighted by atomic mass is 9.93. The van der Waals surface area contributed by atoms with Gasteiger partial charge in [0.25, 0.3) is 5.91 Å². The summed E-state index contributed by atoms with van der Waals surface area (Å²) in [6.45, 7) is 1.58. The van der Waals surface area contributed by atoms with E-state index in [0.29, 0.717) is 36.7 Å². The predicted octanol–water partition coefficient (Wildman–Crippen LogP) is 6.21. The number of nitrogens with zero attached hydrogens (tertiary/aromatic N) is 2. The summed E-state index contributed by atoms with van der Waals surface area (Å²) in [5, 5.41) is 4.82. The third-order valence-electron chi connectivity index (χ3n) is 6.86. The van der Waals surface area contributed by atoms with Crippen LogP contribution in [-0.4, -0.2) is 55.0 Å². The standard InChI is InChI=1S/C30H29ClN2O3S/c1-36-17-4-15-32(30(35)24-8-7-21-5-2-3-6-23(21)19-24)20-28(34)33-16-13-27-26(14-18-37-27)29(33)22-9-11-25(31)12-10-22/h2-3,5-12,14,18-19,29H,4,13,15-17,20H2,1H3. The largest absolute Gasteiger partial charge is 0.385 e. The summed E-state index contributed by atoms with van der Waals surface area (Å²) in [6, 6.07) is 23.3. The zero-order valence-electron chi connectivity index (χ0n) is 20.7. The molecule has 0 radical (unpaired) electrons. The van der Waals surface area contributed by atoms with E-state index in [0.717, 1.165) is 28.3 Å². The van der Waals surface area contributed by atoms with Gasteiger partial charge >= 0.3 is 0 Å². The fourth-order valence-corrected chi connectivity index (χ4v) is 6.03. The second-order valence-electron chi connectivity index (χ2n) is 9.23. The van der Waals surface area contributed by atoms with Crippen molar-refractivity contribution >= 4 is 45.5 Å². The molecule has 0 bridgehead atoms. The van der Waals surface area contributed by atoms with Gasteiger partial charge in [-0.25, -0.2) is 0 Å². The van der Waals surface area contributed by atoms with Crippen molar-refractivity contribution in [1.82, 2.24) is 9.80 Å². The normalized spacial score (nSPS) is 15.0. The molecule has 0 N–H and O–H groups in total. The van der Waals surface area contributed by atoms with Gasteiger partial charge < -0.3 is 14.5 Å². The molecule has 1 aliphatic heterocycles. The van der Waals surface area contributed by atoms with Crippen LogP contribution < -0.4 is 0 Å². The van der Waals surface area contributed by atoms with Crippen LogP contribution in [0.15, 0.2) is 78.2 Å². The highest BCUT2D eigenvalue weighted by Gasteiger charge is 2.34. The number of benzene rings is 3. The Kier molecular flexibility index (Phi) is 7.89. The van der Waals surface area contributed by atoms with Crippen molar-refractivity contribution in [1.29, 1.82) is 0 Å². The summed E-state index contributed by atoms with van der Waals surface area (Å²) in [5.74, 6) is -0.213. The molecule has 190 valence electrons. The molecule has 2 amide bonds. The predicted molar refractivity (Wildman–Crippen MR) is 149 cm³/mol. The maximum absolute atomic E-state index is 13.8. The molecule has 1 atom stereocenters. The van der Waals surface area contributed by atoms with Gasteiger partial charge in [-0.2, -0.15) is 0 Å². The molecule has 0 spiro atoms. The Hall–Kier alpha value is -3.19. The van der Waals surface area contributed by atoms with Gasteiger partial charge in [0.05, 0.1) is 6.04 Å². The molecule has 0 saturated heterocycles. The van der Waals surface area contributed by atoms with Crippen LogP contribution in [0.3, 0.4) is 0 Å². The highest BCUT2D eigenvalue weighted by Crippen LogP contribution is 2.38. The molecule has 1 aliphatic rings. The third-order valence-corrected chi connectivity index (χ3v) is 8.11. The summed E-state index contributed by atoms with van der Waals surface area (Å²) >= 11 is 7.88. The lowest BCUT2D eigenvalue weighted by Gasteiger charge is -2.37. The minimum atomic E-state index is -0.198. The summed E-state index contributed by atoms with van der Waals surface area (Å²) < 4.78 is 5.23. The fourth-order valence-electron chi connectivity index (χ4n) is 5.00. The third kappa shape index (κ3) is 5.57. The van der Waals surface area contributed by atoms with Gasteiger partial charge in [0.1, 0.15) is 6.54 Å². The second kappa shape index (κ2) is 11.5. The lowest BCUT2D eigenvalue weighted by molar-refractivity contribution is -0.134. The summed E-state index contributed by atoms with van der Waals surface area (Å²) in [5.41, 5.74) is 2.75. The Morgan fingerprint density at radius 1 is 1.05 bits per heavy atom. The molecule has 0 aliphatic carbocycles. The maximum atomic E-state index is 13.8. The van der Waals surface area contributed by atoms with Gasteiger partial charge in [-0.1, -0.05) is 54.1 Å². The topological polar surface area (TPSA) is 49.9 Å². The van der Waals surface area contributed by atoms with Crippen molar-refractivity contribution in [3.63, 3.8) is 0 Å². The molecule has 2 heterocycles. The van der Waals surface area contributed by atoms with Gasteiger partial charge in [-0.15, -0.1) is 11.3 Å². The maximum Gasteiger partial charge on any atom is 0.254 e. The van der Waals surface area contributed by atoms with E-state index >= 15 is 0 Å². The minimum Gasteiger partial charge on any atom is -0.385 e. The molecule has 37 heavy (non-hydrogen) atoms. The smallest absolute Gasteiger partial charge is 0.254 e. The molecular formula is C30H29ClN2O3S. The number of hydrogen-bond acceptors (Lipinski definition) is 4. The number of thiophene rings is 1. The second-order valence-corrected chi connectivity index (χ2v) is 10.7. The highest BCUT2D eigenvalue weighted by atomic mass is 35.5. The first kappa shape index (κ1) is 25.5. The number of rotatable bonds is 8. The van der Waals surface area contributed by atoms with E-state index in [4.69, 9.17) is 16.3 Å². The Labute approximate surface area is 226 Å². The molecule has 0 fully saturated rings. The van der Waals surface area contributed by atoms with Crippen LogP contribution in [0.25, 0.3) is 10.8 Å². The van der Waals surface area contributed by atoms with Crippen molar-refractivity contribution in [2.75, 3.05) is 33.4 Å². The van der Waals surface area contributed by atoms with Crippen LogP contribution in [-0.2, 0) is 16.0 Å². The van der Waals surface area contributed by atoms with Crippen molar-refractivity contribution in [2.45, 2.75) is 18.9 Å². The summed E-state index contributed by atoms with van der Waals surface area (Å²) in [7, 11) is 1.64. The Balaban J connectivity index is 1.42. The number of methoxy groups -OCH3 is 1. The van der Waals surface area contributed by atoms with Gasteiger partial charge in [0, 0.05) is 42.3 Å². The first-order chi connectivity index (χ1) is 18.0. The van der Waals surface area contributed by atoms with Crippen LogP contribution in [0.5, 0.6) is 0 Å². The van der Waals surface area contributed by atoms with Crippen LogP contribution in [0.2, 0.25) is 5.02 Å². The first-order valence-corrected chi connectivity index (χ1v) is 13.7. The van der Waals surface area contributed by atoms with Gasteiger partial charge in [-0.05, 0) is 70.5 Å². The molecule has 7 heteroatoms. The zero-order valence-corrected chi connectivity index (χ0v) is 22.3. The number of hydrogen-bond donors (Lipinski definition) is 0. The van der Waals surface area contributed by atoms with E-state index in [1.165, 1.54) is 4.88 Å². The Morgan fingerprint density at radius 2 is 1.84 bits per heavy atom. The van der Waals surface area contributed by atoms with Crippen LogP contribution in [0, 0.1) is 0 Å². The van der Waals surface area contributed by atoms with Crippen molar-refractivity contribution in [3.8, 4) is 0 Å². The number of fused-ring (bicyclic) bond motifs is 2. The van der Waals surface area contributed by atoms with Crippen LogP contribution >= 0.6 is 22.9 Å². The molecule has 5 nitrogen and oxygen atoms in total. The van der Waals surface area contributed by atoms with E-state index < -0.39 is 0 Å². The Morgan fingerprint density at radius 3 is 2.62 bits per heavy atom. The average molecular weight is 533 g/mol. The molecule has 1 aromatic heterocycles. The van der Waals surface area contributed by atoms with E-state index in [1.54, 1.807) is 23.3 Å². The molecule has 0 saturated carbocycles. The Bertz CT molecular complexity index is 1400. The van der Waals surface area contributed by atoms with Gasteiger partial charge in [0.2, 0.25) is 5.91 Å². The summed E-state index contributed by atoms with van der Waals surface area (Å²) in [6.07, 6.45) is 1.46. The molecule has 5 rings (SSSR count). The summed E-state index contributed by atoms with van der Waals surface area (Å²) in [4.78, 5) is 32.4. The fraction of sp³-hybridized carbons (Fsp3) is 0.267. The minimum absolute atomic E-state index is 0.0128. The van der Waals surface area contributed by atoms with E-state index in [9.17, 15) is 9.59 Å². The first-order valence-electron chi connectivity index (χ1n) is 12.4. The molecule has 3 aromatic carbocycles. The number of carbonyl (C=O) groups is 2. The number of amides is 2. The van der Waals surface area contributed by atoms with E-state index in [-0.39, 0.29) is 24.4 Å². The van der Waals surface area contributed by atoms with Crippen LogP contribution in [0.1, 0.15) is 38.8 Å². The molecular weight excluding hydrogens is 504 g/mol. The lowest BCUT2D eigenvalue weighted by Crippen LogP contribution is -2.47. The number of halogens is 1. The quantitative estimate of drug-likeness (QED) is 0.254. The average Bonchev–Trinajstić information content (AvgIpc) is 3.41. The van der Waals surface area contributed by atoms with Gasteiger partial charge in [0.15, 0.2) is 0 Å². The number of carbonyl (C=O) groups excluding carboxylic acids is 2. The SMILES string of the molecule is COCCCN(CC(=O)N1CCc2sccc2C1c1ccc(Cl)cc1)C(=O)c1ccc2ccccc2c1. The zero-order chi connectivity index (χ0) is 25.8. The monoisotopic (exact) mass is 532 g/mol. The van der Waals surface area contributed by atoms with Crippen molar-refractivity contribution < 1.29 is 14.3 Å². The molecule has 1 unspecified atom stereocenters. The van der Waals surface area contributed by atoms with Crippen molar-refractivity contribution in [3.05, 3.63) is 105 Å². The molecule has 4 aromatic rings. The highest BCUT2D eigenvalue weighted by molar-refractivity contribution is 7.10. The number of ether oxygens (including phenoxy) is 1. The van der Waals surface area contributed by atoms with Crippen LogP contribution in [0.4, 0.5) is 0 Å².